The third-order valence-corrected chi connectivity index (χ3v) is 3.30. The Morgan fingerprint density at radius 1 is 1.17 bits per heavy atom. The van der Waals surface area contributed by atoms with Crippen LogP contribution in [-0.4, -0.2) is 33.4 Å². The average molecular weight is 317 g/mol. The number of aromatic nitrogens is 3. The van der Waals surface area contributed by atoms with Gasteiger partial charge in [-0.2, -0.15) is 0 Å². The number of carbonyl (C=O) groups excluding carboxylic acids is 2. The number of carbonyl (C=O) groups is 2. The molecule has 2 aromatic rings. The number of carboxylic acid groups (broad SMARTS) is 1. The summed E-state index contributed by atoms with van der Waals surface area (Å²) in [6.45, 7) is 0.220. The first-order valence-electron chi connectivity index (χ1n) is 7.37. The van der Waals surface area contributed by atoms with Gasteiger partial charge in [-0.15, -0.1) is 5.10 Å². The maximum atomic E-state index is 12.2. The summed E-state index contributed by atoms with van der Waals surface area (Å²) in [4.78, 5) is 34.2. The summed E-state index contributed by atoms with van der Waals surface area (Å²) in [5.41, 5.74) is 0.127. The van der Waals surface area contributed by atoms with Gasteiger partial charge in [0.25, 0.3) is 5.56 Å². The number of amides is 1. The van der Waals surface area contributed by atoms with Crippen LogP contribution in [0.2, 0.25) is 0 Å². The summed E-state index contributed by atoms with van der Waals surface area (Å²) in [6, 6.07) is 6.80. The molecule has 0 aliphatic carbocycles. The van der Waals surface area contributed by atoms with Crippen LogP contribution in [0.3, 0.4) is 0 Å². The van der Waals surface area contributed by atoms with Crippen LogP contribution < -0.4 is 16.0 Å². The maximum absolute atomic E-state index is 12.2. The van der Waals surface area contributed by atoms with E-state index >= 15 is 0 Å². The van der Waals surface area contributed by atoms with Gasteiger partial charge in [-0.3, -0.25) is 9.59 Å². The van der Waals surface area contributed by atoms with Crippen molar-refractivity contribution in [3.63, 3.8) is 0 Å². The molecule has 122 valence electrons. The van der Waals surface area contributed by atoms with Crippen LogP contribution in [0, 0.1) is 0 Å². The Balaban J connectivity index is 1.83. The van der Waals surface area contributed by atoms with E-state index in [-0.39, 0.29) is 24.4 Å². The molecule has 0 saturated carbocycles. The van der Waals surface area contributed by atoms with Crippen molar-refractivity contribution in [1.82, 2.24) is 20.3 Å². The second-order valence-electron chi connectivity index (χ2n) is 5.10. The minimum absolute atomic E-state index is 0.0238. The molecule has 1 amide bonds. The zero-order valence-corrected chi connectivity index (χ0v) is 12.5. The summed E-state index contributed by atoms with van der Waals surface area (Å²) in [6.07, 6.45) is 1.89. The van der Waals surface area contributed by atoms with Gasteiger partial charge in [0.1, 0.15) is 12.1 Å². The van der Waals surface area contributed by atoms with Gasteiger partial charge < -0.3 is 15.2 Å². The third-order valence-electron chi connectivity index (χ3n) is 3.30. The monoisotopic (exact) mass is 317 g/mol. The van der Waals surface area contributed by atoms with Crippen molar-refractivity contribution in [3.05, 3.63) is 34.6 Å². The molecule has 0 aliphatic rings. The second kappa shape index (κ2) is 8.02. The molecule has 2 rings (SSSR count). The Kier molecular flexibility index (Phi) is 5.79. The van der Waals surface area contributed by atoms with E-state index in [2.05, 4.69) is 15.6 Å². The predicted molar refractivity (Wildman–Crippen MR) is 80.3 cm³/mol. The van der Waals surface area contributed by atoms with Gasteiger partial charge in [0, 0.05) is 12.5 Å². The van der Waals surface area contributed by atoms with Crippen LogP contribution in [0.15, 0.2) is 29.1 Å². The van der Waals surface area contributed by atoms with Crippen molar-refractivity contribution in [2.45, 2.75) is 32.2 Å². The van der Waals surface area contributed by atoms with E-state index in [0.717, 1.165) is 4.68 Å². The Morgan fingerprint density at radius 3 is 2.74 bits per heavy atom. The lowest BCUT2D eigenvalue weighted by Crippen LogP contribution is -2.34. The largest absolute Gasteiger partial charge is 0.550 e. The molecule has 0 bridgehead atoms. The van der Waals surface area contributed by atoms with E-state index in [0.29, 0.717) is 36.7 Å². The number of nitrogens with zero attached hydrogens (tertiary/aromatic N) is 3. The number of hydrogen-bond donors (Lipinski definition) is 1. The summed E-state index contributed by atoms with van der Waals surface area (Å²) in [5.74, 6) is -1.40. The van der Waals surface area contributed by atoms with Crippen molar-refractivity contribution in [3.8, 4) is 0 Å². The molecule has 1 N–H and O–H groups in total. The zero-order chi connectivity index (χ0) is 16.7. The maximum Gasteiger partial charge on any atom is 0.278 e. The first kappa shape index (κ1) is 16.6. The van der Waals surface area contributed by atoms with Crippen molar-refractivity contribution < 1.29 is 14.7 Å². The Hall–Kier alpha value is -2.77. The average Bonchev–Trinajstić information content (AvgIpc) is 2.53. The summed E-state index contributed by atoms with van der Waals surface area (Å²) < 4.78 is 1.02. The van der Waals surface area contributed by atoms with Crippen LogP contribution in [0.1, 0.15) is 25.7 Å². The number of benzene rings is 1. The lowest BCUT2D eigenvalue weighted by molar-refractivity contribution is -0.305. The van der Waals surface area contributed by atoms with Crippen molar-refractivity contribution in [2.24, 2.45) is 0 Å². The molecular formula is C15H17N4O4-. The first-order chi connectivity index (χ1) is 11.1. The molecule has 0 atom stereocenters. The van der Waals surface area contributed by atoms with E-state index < -0.39 is 5.97 Å². The Morgan fingerprint density at radius 2 is 1.96 bits per heavy atom. The zero-order valence-electron chi connectivity index (χ0n) is 12.5. The van der Waals surface area contributed by atoms with Crippen molar-refractivity contribution in [2.75, 3.05) is 6.54 Å². The molecule has 23 heavy (non-hydrogen) atoms. The van der Waals surface area contributed by atoms with Crippen molar-refractivity contribution in [1.29, 1.82) is 0 Å². The molecule has 1 heterocycles. The topological polar surface area (TPSA) is 117 Å². The molecule has 0 unspecified atom stereocenters. The third kappa shape index (κ3) is 4.87. The van der Waals surface area contributed by atoms with Crippen LogP contribution in [0.25, 0.3) is 10.9 Å². The molecular weight excluding hydrogens is 300 g/mol. The minimum Gasteiger partial charge on any atom is -0.550 e. The number of unbranched alkanes of at least 4 members (excludes halogenated alkanes) is 2. The fourth-order valence-electron chi connectivity index (χ4n) is 2.12. The quantitative estimate of drug-likeness (QED) is 0.638. The fraction of sp³-hybridized carbons (Fsp3) is 0.400. The minimum atomic E-state index is -1.07. The molecule has 8 nitrogen and oxygen atoms in total. The predicted octanol–water partition coefficient (Wildman–Crippen LogP) is -0.782. The molecule has 0 spiro atoms. The summed E-state index contributed by atoms with van der Waals surface area (Å²) >= 11 is 0. The van der Waals surface area contributed by atoms with Gasteiger partial charge in [-0.25, -0.2) is 4.68 Å². The van der Waals surface area contributed by atoms with Gasteiger partial charge in [0.2, 0.25) is 5.91 Å². The van der Waals surface area contributed by atoms with Gasteiger partial charge in [-0.1, -0.05) is 23.8 Å². The second-order valence-corrected chi connectivity index (χ2v) is 5.10. The van der Waals surface area contributed by atoms with Gasteiger partial charge in [-0.05, 0) is 31.4 Å². The highest BCUT2D eigenvalue weighted by atomic mass is 16.4. The lowest BCUT2D eigenvalue weighted by Gasteiger charge is -2.07. The van der Waals surface area contributed by atoms with Gasteiger partial charge in [0.05, 0.1) is 5.39 Å². The standard InChI is InChI=1S/C15H18N4O4/c20-13(16-9-5-1-2-8-14(21)22)10-19-15(23)11-6-3-4-7-12(11)17-18-19/h3-4,6-7H,1-2,5,8-10H2,(H,16,20)(H,21,22)/p-1. The first-order valence-corrected chi connectivity index (χ1v) is 7.37. The van der Waals surface area contributed by atoms with E-state index in [9.17, 15) is 19.5 Å². The van der Waals surface area contributed by atoms with Crippen molar-refractivity contribution >= 4 is 22.8 Å². The smallest absolute Gasteiger partial charge is 0.278 e. The van der Waals surface area contributed by atoms with Crippen LogP contribution in [-0.2, 0) is 16.1 Å². The van der Waals surface area contributed by atoms with E-state index in [1.54, 1.807) is 24.3 Å². The molecule has 0 fully saturated rings. The number of nitrogens with one attached hydrogen (secondary N) is 1. The Bertz CT molecular complexity index is 756. The highest BCUT2D eigenvalue weighted by molar-refractivity contribution is 5.78. The van der Waals surface area contributed by atoms with Gasteiger partial charge in [0.15, 0.2) is 0 Å². The Labute approximate surface area is 132 Å². The highest BCUT2D eigenvalue weighted by Gasteiger charge is 2.08. The van der Waals surface area contributed by atoms with Gasteiger partial charge >= 0.3 is 0 Å². The molecule has 8 heteroatoms. The summed E-state index contributed by atoms with van der Waals surface area (Å²) in [7, 11) is 0. The molecule has 0 aliphatic heterocycles. The number of hydrogen-bond acceptors (Lipinski definition) is 6. The van der Waals surface area contributed by atoms with E-state index in [1.807, 2.05) is 0 Å². The fourth-order valence-corrected chi connectivity index (χ4v) is 2.12. The molecule has 1 aromatic carbocycles. The summed E-state index contributed by atoms with van der Waals surface area (Å²) in [5, 5.41) is 21.0. The number of aliphatic carboxylic acids is 1. The molecule has 1 aromatic heterocycles. The highest BCUT2D eigenvalue weighted by Crippen LogP contribution is 2.03. The normalized spacial score (nSPS) is 10.6. The van der Waals surface area contributed by atoms with E-state index in [4.69, 9.17) is 0 Å². The number of fused-ring (bicyclic) bond motifs is 1. The van der Waals surface area contributed by atoms with Crippen LogP contribution in [0.4, 0.5) is 0 Å². The number of carboxylic acids is 1. The lowest BCUT2D eigenvalue weighted by atomic mass is 10.2. The van der Waals surface area contributed by atoms with E-state index in [1.165, 1.54) is 0 Å². The number of rotatable bonds is 8. The van der Waals surface area contributed by atoms with Crippen LogP contribution in [0.5, 0.6) is 0 Å². The SMILES string of the molecule is O=C([O-])CCCCCNC(=O)Cn1nnc2ccccc2c1=O. The molecule has 0 saturated heterocycles. The van der Waals surface area contributed by atoms with Crippen LogP contribution >= 0.6 is 0 Å². The molecule has 0 radical (unpaired) electrons.